The van der Waals surface area contributed by atoms with Crippen LogP contribution in [0.2, 0.25) is 0 Å². The molecule has 1 fully saturated rings. The molecule has 0 radical (unpaired) electrons. The quantitative estimate of drug-likeness (QED) is 0.291. The number of ether oxygens (including phenoxy) is 1. The van der Waals surface area contributed by atoms with E-state index in [2.05, 4.69) is 30.8 Å². The van der Waals surface area contributed by atoms with Crippen LogP contribution >= 0.6 is 0 Å². The minimum atomic E-state index is -4.70. The standard InChI is InChI=1S/C32H39F3N8O3/c1-31(2)27-20(7-6-8-24(27)38-29(31)45)18-36-28-22(32(33,34)35)19-37-30(40-28)39-23-10-9-21(17-25(23)46-5)42-13-15-43(16-14-42)26(44)11-12-41(3)4/h6-10,17,19H,11-16,18H2,1-5H3,(H,38,45)(H2,36,37,39,40). The molecule has 3 aromatic rings. The minimum Gasteiger partial charge on any atom is -0.494 e. The number of alkyl halides is 3. The van der Waals surface area contributed by atoms with Crippen molar-refractivity contribution in [3.63, 3.8) is 0 Å². The summed E-state index contributed by atoms with van der Waals surface area (Å²) in [6.07, 6.45) is -3.48. The summed E-state index contributed by atoms with van der Waals surface area (Å²) in [7, 11) is 5.39. The van der Waals surface area contributed by atoms with Gasteiger partial charge in [-0.1, -0.05) is 12.1 Å². The average molecular weight is 641 g/mol. The molecule has 0 unspecified atom stereocenters. The molecule has 11 nitrogen and oxygen atoms in total. The number of carbonyl (C=O) groups is 2. The van der Waals surface area contributed by atoms with E-state index in [0.29, 0.717) is 61.8 Å². The van der Waals surface area contributed by atoms with Gasteiger partial charge in [0, 0.05) is 69.3 Å². The van der Waals surface area contributed by atoms with E-state index >= 15 is 0 Å². The lowest BCUT2D eigenvalue weighted by molar-refractivity contribution is -0.137. The van der Waals surface area contributed by atoms with Crippen LogP contribution in [0.5, 0.6) is 5.75 Å². The van der Waals surface area contributed by atoms with E-state index in [9.17, 15) is 22.8 Å². The number of amides is 2. The molecule has 0 spiro atoms. The zero-order valence-corrected chi connectivity index (χ0v) is 26.6. The van der Waals surface area contributed by atoms with Gasteiger partial charge in [0.2, 0.25) is 17.8 Å². The summed E-state index contributed by atoms with van der Waals surface area (Å²) in [6.45, 7) is 6.81. The Bertz CT molecular complexity index is 1600. The van der Waals surface area contributed by atoms with Crippen LogP contribution in [-0.2, 0) is 27.7 Å². The molecule has 2 aromatic carbocycles. The Balaban J connectivity index is 1.31. The van der Waals surface area contributed by atoms with Crippen molar-refractivity contribution in [1.29, 1.82) is 0 Å². The Morgan fingerprint density at radius 3 is 2.54 bits per heavy atom. The van der Waals surface area contributed by atoms with Gasteiger partial charge in [-0.05, 0) is 57.3 Å². The van der Waals surface area contributed by atoms with Gasteiger partial charge in [0.25, 0.3) is 0 Å². The number of hydrogen-bond acceptors (Lipinski definition) is 9. The number of hydrogen-bond donors (Lipinski definition) is 3. The highest BCUT2D eigenvalue weighted by Gasteiger charge is 2.40. The summed E-state index contributed by atoms with van der Waals surface area (Å²) in [6, 6.07) is 10.8. The maximum absolute atomic E-state index is 14.0. The Kier molecular flexibility index (Phi) is 9.29. The molecule has 1 saturated heterocycles. The predicted octanol–water partition coefficient (Wildman–Crippen LogP) is 4.69. The highest BCUT2D eigenvalue weighted by molar-refractivity contribution is 6.06. The average Bonchev–Trinajstić information content (AvgIpc) is 3.26. The van der Waals surface area contributed by atoms with Crippen molar-refractivity contribution < 1.29 is 27.5 Å². The van der Waals surface area contributed by atoms with Crippen LogP contribution in [0.1, 0.15) is 37.0 Å². The van der Waals surface area contributed by atoms with E-state index in [1.54, 1.807) is 38.1 Å². The van der Waals surface area contributed by atoms with Crippen molar-refractivity contribution in [3.8, 4) is 5.75 Å². The fourth-order valence-electron chi connectivity index (χ4n) is 5.74. The van der Waals surface area contributed by atoms with Gasteiger partial charge in [-0.3, -0.25) is 9.59 Å². The van der Waals surface area contributed by atoms with Crippen LogP contribution in [0.3, 0.4) is 0 Å². The number of nitrogens with one attached hydrogen (secondary N) is 3. The molecule has 5 rings (SSSR count). The highest BCUT2D eigenvalue weighted by Crippen LogP contribution is 2.41. The molecule has 0 atom stereocenters. The molecule has 46 heavy (non-hydrogen) atoms. The van der Waals surface area contributed by atoms with Crippen LogP contribution in [0, 0.1) is 0 Å². The second kappa shape index (κ2) is 13.0. The molecule has 0 saturated carbocycles. The van der Waals surface area contributed by atoms with Crippen LogP contribution in [-0.4, -0.2) is 85.5 Å². The van der Waals surface area contributed by atoms with Gasteiger partial charge >= 0.3 is 6.18 Å². The third kappa shape index (κ3) is 6.96. The van der Waals surface area contributed by atoms with E-state index < -0.39 is 23.0 Å². The maximum atomic E-state index is 14.0. The normalized spacial score (nSPS) is 15.9. The largest absolute Gasteiger partial charge is 0.494 e. The SMILES string of the molecule is COc1cc(N2CCN(C(=O)CCN(C)C)CC2)ccc1Nc1ncc(C(F)(F)F)c(NCc2cccc3c2C(C)(C)C(=O)N3)n1. The molecule has 0 aliphatic carbocycles. The summed E-state index contributed by atoms with van der Waals surface area (Å²) < 4.78 is 47.5. The molecule has 2 aliphatic rings. The maximum Gasteiger partial charge on any atom is 0.421 e. The lowest BCUT2D eigenvalue weighted by Crippen LogP contribution is -2.49. The molecule has 3 N–H and O–H groups in total. The zero-order valence-electron chi connectivity index (χ0n) is 26.6. The molecule has 0 bridgehead atoms. The third-order valence-corrected chi connectivity index (χ3v) is 8.33. The minimum absolute atomic E-state index is 0.00757. The first-order valence-corrected chi connectivity index (χ1v) is 15.0. The molecule has 2 amide bonds. The molecule has 1 aromatic heterocycles. The number of carbonyl (C=O) groups excluding carboxylic acids is 2. The summed E-state index contributed by atoms with van der Waals surface area (Å²) in [5.74, 6) is -0.0284. The first-order valence-electron chi connectivity index (χ1n) is 15.0. The van der Waals surface area contributed by atoms with Crippen molar-refractivity contribution in [2.75, 3.05) is 74.8 Å². The molecule has 2 aliphatic heterocycles. The molecule has 14 heteroatoms. The monoisotopic (exact) mass is 640 g/mol. The number of anilines is 5. The molecular weight excluding hydrogens is 601 g/mol. The Hall–Kier alpha value is -4.59. The predicted molar refractivity (Wildman–Crippen MR) is 171 cm³/mol. The first kappa shape index (κ1) is 32.8. The van der Waals surface area contributed by atoms with Gasteiger partial charge in [0.1, 0.15) is 17.1 Å². The van der Waals surface area contributed by atoms with Crippen LogP contribution < -0.4 is 25.6 Å². The summed E-state index contributed by atoms with van der Waals surface area (Å²) >= 11 is 0. The lowest BCUT2D eigenvalue weighted by atomic mass is 9.83. The topological polar surface area (TPSA) is 115 Å². The second-order valence-corrected chi connectivity index (χ2v) is 12.2. The van der Waals surface area contributed by atoms with Crippen molar-refractivity contribution in [2.45, 2.75) is 38.4 Å². The van der Waals surface area contributed by atoms with E-state index in [0.717, 1.165) is 17.4 Å². The van der Waals surface area contributed by atoms with Crippen LogP contribution in [0.15, 0.2) is 42.6 Å². The highest BCUT2D eigenvalue weighted by atomic mass is 19.4. The van der Waals surface area contributed by atoms with Crippen LogP contribution in [0.4, 0.5) is 42.0 Å². The number of piperazine rings is 1. The Labute approximate surface area is 266 Å². The van der Waals surface area contributed by atoms with Gasteiger partial charge in [0.05, 0.1) is 18.2 Å². The Morgan fingerprint density at radius 2 is 1.87 bits per heavy atom. The summed E-state index contributed by atoms with van der Waals surface area (Å²) in [5, 5.41) is 8.66. The van der Waals surface area contributed by atoms with E-state index in [-0.39, 0.29) is 24.3 Å². The number of fused-ring (bicyclic) bond motifs is 1. The lowest BCUT2D eigenvalue weighted by Gasteiger charge is -2.36. The number of benzene rings is 2. The van der Waals surface area contributed by atoms with E-state index in [1.807, 2.05) is 36.0 Å². The summed E-state index contributed by atoms with van der Waals surface area (Å²) in [5.41, 5.74) is 1.57. The van der Waals surface area contributed by atoms with Crippen molar-refractivity contribution in [2.24, 2.45) is 0 Å². The van der Waals surface area contributed by atoms with Gasteiger partial charge in [-0.25, -0.2) is 4.98 Å². The van der Waals surface area contributed by atoms with Gasteiger partial charge in [-0.2, -0.15) is 18.2 Å². The smallest absolute Gasteiger partial charge is 0.421 e. The fourth-order valence-corrected chi connectivity index (χ4v) is 5.74. The van der Waals surface area contributed by atoms with Crippen LogP contribution in [0.25, 0.3) is 0 Å². The number of aromatic nitrogens is 2. The molecule has 246 valence electrons. The van der Waals surface area contributed by atoms with Gasteiger partial charge in [-0.15, -0.1) is 0 Å². The number of halogens is 3. The number of rotatable bonds is 10. The van der Waals surface area contributed by atoms with Crippen molar-refractivity contribution in [3.05, 3.63) is 59.3 Å². The molecule has 3 heterocycles. The van der Waals surface area contributed by atoms with Gasteiger partial charge in [0.15, 0.2) is 0 Å². The van der Waals surface area contributed by atoms with E-state index in [4.69, 9.17) is 4.74 Å². The fraction of sp³-hybridized carbons (Fsp3) is 0.438. The van der Waals surface area contributed by atoms with Crippen molar-refractivity contribution in [1.82, 2.24) is 19.8 Å². The van der Waals surface area contributed by atoms with Gasteiger partial charge < -0.3 is 35.4 Å². The number of methoxy groups -OCH3 is 1. The Morgan fingerprint density at radius 1 is 1.13 bits per heavy atom. The number of nitrogens with zero attached hydrogens (tertiary/aromatic N) is 5. The third-order valence-electron chi connectivity index (χ3n) is 8.33. The molecular formula is C32H39F3N8O3. The van der Waals surface area contributed by atoms with Crippen molar-refractivity contribution >= 4 is 40.6 Å². The zero-order chi connectivity index (χ0) is 33.2. The summed E-state index contributed by atoms with van der Waals surface area (Å²) in [4.78, 5) is 39.2. The van der Waals surface area contributed by atoms with E-state index in [1.165, 1.54) is 7.11 Å². The second-order valence-electron chi connectivity index (χ2n) is 12.2. The first-order chi connectivity index (χ1) is 21.8.